The van der Waals surface area contributed by atoms with E-state index in [-0.39, 0.29) is 5.91 Å². The predicted molar refractivity (Wildman–Crippen MR) is 73.0 cm³/mol. The summed E-state index contributed by atoms with van der Waals surface area (Å²) in [6.07, 6.45) is 5.33. The highest BCUT2D eigenvalue weighted by Gasteiger charge is 2.15. The molecule has 0 bridgehead atoms. The van der Waals surface area contributed by atoms with Crippen LogP contribution in [0.1, 0.15) is 33.1 Å². The molecule has 0 aromatic rings. The van der Waals surface area contributed by atoms with Crippen LogP contribution >= 0.6 is 12.6 Å². The van der Waals surface area contributed by atoms with Crippen LogP contribution in [0.4, 0.5) is 0 Å². The number of carbonyl (C=O) groups is 1. The Balaban J connectivity index is 0.00000106. The Hall–Kier alpha value is -0.220. The summed E-state index contributed by atoms with van der Waals surface area (Å²) in [5, 5.41) is 3.19. The Morgan fingerprint density at radius 2 is 1.81 bits per heavy atom. The number of rotatable bonds is 4. The molecule has 0 saturated carbocycles. The summed E-state index contributed by atoms with van der Waals surface area (Å²) < 4.78 is 0. The van der Waals surface area contributed by atoms with Crippen LogP contribution < -0.4 is 5.32 Å². The van der Waals surface area contributed by atoms with E-state index in [0.29, 0.717) is 12.5 Å². The second-order valence-corrected chi connectivity index (χ2v) is 4.47. The first kappa shape index (κ1) is 15.8. The molecule has 0 aliphatic carbocycles. The van der Waals surface area contributed by atoms with Gasteiger partial charge in [0, 0.05) is 13.1 Å². The van der Waals surface area contributed by atoms with Crippen molar-refractivity contribution in [2.24, 2.45) is 5.92 Å². The van der Waals surface area contributed by atoms with Gasteiger partial charge in [-0.05, 0) is 38.0 Å². The van der Waals surface area contributed by atoms with Crippen molar-refractivity contribution in [3.8, 4) is 0 Å². The molecular formula is C12H26N2OS. The summed E-state index contributed by atoms with van der Waals surface area (Å²) in [6, 6.07) is 0. The average molecular weight is 246 g/mol. The largest absolute Gasteiger partial charge is 0.342 e. The first-order valence-corrected chi connectivity index (χ1v) is 7.03. The minimum atomic E-state index is 0.269. The lowest BCUT2D eigenvalue weighted by Gasteiger charge is -2.26. The maximum Gasteiger partial charge on any atom is 0.236 e. The molecular weight excluding hydrogens is 220 g/mol. The Morgan fingerprint density at radius 3 is 2.31 bits per heavy atom. The standard InChI is InChI=1S/C11H22N2O.CH4S/c1-10(2)8-12-9-11(14)13-6-4-3-5-7-13;1-2/h10,12H,3-9H2,1-2H3;2H,1H3. The minimum Gasteiger partial charge on any atom is -0.342 e. The fraction of sp³-hybridized carbons (Fsp3) is 0.917. The molecule has 1 fully saturated rings. The second kappa shape index (κ2) is 9.97. The lowest BCUT2D eigenvalue weighted by molar-refractivity contribution is -0.131. The van der Waals surface area contributed by atoms with Crippen LogP contribution in [0, 0.1) is 5.92 Å². The van der Waals surface area contributed by atoms with Crippen LogP contribution in [0.2, 0.25) is 0 Å². The topological polar surface area (TPSA) is 32.3 Å². The smallest absolute Gasteiger partial charge is 0.236 e. The third-order valence-electron chi connectivity index (χ3n) is 2.54. The van der Waals surface area contributed by atoms with Crippen molar-refractivity contribution in [1.82, 2.24) is 10.2 Å². The summed E-state index contributed by atoms with van der Waals surface area (Å²) >= 11 is 3.53. The number of likely N-dealkylation sites (tertiary alicyclic amines) is 1. The van der Waals surface area contributed by atoms with Crippen LogP contribution in [0.25, 0.3) is 0 Å². The van der Waals surface area contributed by atoms with E-state index >= 15 is 0 Å². The van der Waals surface area contributed by atoms with E-state index in [4.69, 9.17) is 0 Å². The van der Waals surface area contributed by atoms with Crippen molar-refractivity contribution in [2.75, 3.05) is 32.4 Å². The highest BCUT2D eigenvalue weighted by Crippen LogP contribution is 2.08. The molecule has 1 N–H and O–H groups in total. The molecule has 0 unspecified atom stereocenters. The molecule has 0 atom stereocenters. The highest BCUT2D eigenvalue weighted by molar-refractivity contribution is 7.79. The van der Waals surface area contributed by atoms with Gasteiger partial charge in [-0.1, -0.05) is 13.8 Å². The van der Waals surface area contributed by atoms with Gasteiger partial charge in [-0.3, -0.25) is 4.79 Å². The fourth-order valence-electron chi connectivity index (χ4n) is 1.72. The van der Waals surface area contributed by atoms with Crippen LogP contribution in [0.15, 0.2) is 0 Å². The van der Waals surface area contributed by atoms with Gasteiger partial charge in [0.05, 0.1) is 6.54 Å². The Bertz CT molecular complexity index is 180. The van der Waals surface area contributed by atoms with Crippen LogP contribution in [0.5, 0.6) is 0 Å². The van der Waals surface area contributed by atoms with E-state index in [2.05, 4.69) is 31.8 Å². The van der Waals surface area contributed by atoms with E-state index in [1.807, 2.05) is 4.90 Å². The Kier molecular flexibility index (Phi) is 9.83. The van der Waals surface area contributed by atoms with Gasteiger partial charge in [-0.25, -0.2) is 0 Å². The SMILES string of the molecule is CC(C)CNCC(=O)N1CCCCC1.CS. The third kappa shape index (κ3) is 7.12. The zero-order valence-corrected chi connectivity index (χ0v) is 11.7. The fourth-order valence-corrected chi connectivity index (χ4v) is 1.72. The van der Waals surface area contributed by atoms with Crippen molar-refractivity contribution >= 4 is 18.5 Å². The number of hydrogen-bond donors (Lipinski definition) is 2. The van der Waals surface area contributed by atoms with E-state index in [1.165, 1.54) is 19.3 Å². The average Bonchev–Trinajstić information content (AvgIpc) is 2.32. The van der Waals surface area contributed by atoms with Crippen LogP contribution in [-0.2, 0) is 4.79 Å². The van der Waals surface area contributed by atoms with Gasteiger partial charge in [0.1, 0.15) is 0 Å². The summed E-state index contributed by atoms with van der Waals surface area (Å²) in [7, 11) is 0. The minimum absolute atomic E-state index is 0.269. The maximum atomic E-state index is 11.6. The number of carbonyl (C=O) groups excluding carboxylic acids is 1. The zero-order chi connectivity index (χ0) is 12.4. The van der Waals surface area contributed by atoms with E-state index in [9.17, 15) is 4.79 Å². The van der Waals surface area contributed by atoms with Crippen LogP contribution in [-0.4, -0.2) is 43.2 Å². The number of nitrogens with zero attached hydrogens (tertiary/aromatic N) is 1. The van der Waals surface area contributed by atoms with Crippen molar-refractivity contribution in [2.45, 2.75) is 33.1 Å². The molecule has 0 radical (unpaired) electrons. The van der Waals surface area contributed by atoms with Gasteiger partial charge in [0.2, 0.25) is 5.91 Å². The first-order chi connectivity index (χ1) is 7.70. The second-order valence-electron chi connectivity index (χ2n) is 4.47. The molecule has 1 rings (SSSR count). The van der Waals surface area contributed by atoms with Crippen molar-refractivity contribution in [3.63, 3.8) is 0 Å². The van der Waals surface area contributed by atoms with E-state index in [0.717, 1.165) is 19.6 Å². The summed E-state index contributed by atoms with van der Waals surface area (Å²) in [4.78, 5) is 13.6. The first-order valence-electron chi connectivity index (χ1n) is 6.13. The molecule has 1 saturated heterocycles. The van der Waals surface area contributed by atoms with Gasteiger partial charge in [0.25, 0.3) is 0 Å². The quantitative estimate of drug-likeness (QED) is 0.741. The predicted octanol–water partition coefficient (Wildman–Crippen LogP) is 1.79. The normalized spacial score (nSPS) is 15.7. The van der Waals surface area contributed by atoms with Crippen molar-refractivity contribution in [3.05, 3.63) is 0 Å². The summed E-state index contributed by atoms with van der Waals surface area (Å²) in [5.41, 5.74) is 0. The maximum absolute atomic E-state index is 11.6. The van der Waals surface area contributed by atoms with Crippen molar-refractivity contribution in [1.29, 1.82) is 0 Å². The monoisotopic (exact) mass is 246 g/mol. The molecule has 1 heterocycles. The van der Waals surface area contributed by atoms with E-state index < -0.39 is 0 Å². The number of hydrogen-bond acceptors (Lipinski definition) is 3. The third-order valence-corrected chi connectivity index (χ3v) is 2.54. The lowest BCUT2D eigenvalue weighted by atomic mass is 10.1. The zero-order valence-electron chi connectivity index (χ0n) is 10.8. The number of amides is 1. The molecule has 0 aromatic heterocycles. The Morgan fingerprint density at radius 1 is 1.25 bits per heavy atom. The highest BCUT2D eigenvalue weighted by atomic mass is 32.1. The number of piperidine rings is 1. The summed E-state index contributed by atoms with van der Waals surface area (Å²) in [6.45, 7) is 7.67. The van der Waals surface area contributed by atoms with Crippen LogP contribution in [0.3, 0.4) is 0 Å². The molecule has 0 spiro atoms. The molecule has 1 aliphatic rings. The van der Waals surface area contributed by atoms with Gasteiger partial charge in [-0.15, -0.1) is 0 Å². The van der Waals surface area contributed by atoms with Gasteiger partial charge < -0.3 is 10.2 Å². The molecule has 1 aliphatic heterocycles. The van der Waals surface area contributed by atoms with Crippen molar-refractivity contribution < 1.29 is 4.79 Å². The van der Waals surface area contributed by atoms with Gasteiger partial charge >= 0.3 is 0 Å². The van der Waals surface area contributed by atoms with Gasteiger partial charge in [0.15, 0.2) is 0 Å². The molecule has 4 heteroatoms. The van der Waals surface area contributed by atoms with Gasteiger partial charge in [-0.2, -0.15) is 12.6 Å². The van der Waals surface area contributed by atoms with E-state index in [1.54, 1.807) is 6.26 Å². The molecule has 0 aromatic carbocycles. The molecule has 1 amide bonds. The lowest BCUT2D eigenvalue weighted by Crippen LogP contribution is -2.41. The summed E-state index contributed by atoms with van der Waals surface area (Å²) in [5.74, 6) is 0.884. The Labute approximate surface area is 105 Å². The molecule has 96 valence electrons. The molecule has 16 heavy (non-hydrogen) atoms. The molecule has 3 nitrogen and oxygen atoms in total. The number of nitrogens with one attached hydrogen (secondary N) is 1. The number of thiol groups is 1.